The van der Waals surface area contributed by atoms with Gasteiger partial charge in [0, 0.05) is 32.0 Å². The van der Waals surface area contributed by atoms with Crippen molar-refractivity contribution in [2.24, 2.45) is 0 Å². The molecule has 26 heavy (non-hydrogen) atoms. The van der Waals surface area contributed by atoms with E-state index in [0.29, 0.717) is 37.7 Å². The molecule has 2 aromatic heterocycles. The lowest BCUT2D eigenvalue weighted by Crippen LogP contribution is -2.36. The van der Waals surface area contributed by atoms with Gasteiger partial charge in [-0.25, -0.2) is 9.36 Å². The molecule has 0 N–H and O–H groups in total. The zero-order chi connectivity index (χ0) is 17.5. The smallest absolute Gasteiger partial charge is 0.274 e. The average molecular weight is 350 g/mol. The Kier molecular flexibility index (Phi) is 3.48. The first kappa shape index (κ1) is 15.1. The molecule has 0 saturated carbocycles. The van der Waals surface area contributed by atoms with E-state index >= 15 is 0 Å². The summed E-state index contributed by atoms with van der Waals surface area (Å²) in [5.41, 5.74) is 3.32. The lowest BCUT2D eigenvalue weighted by molar-refractivity contribution is 0.0724. The van der Waals surface area contributed by atoms with Crippen molar-refractivity contribution in [3.8, 4) is 11.6 Å². The van der Waals surface area contributed by atoms with E-state index in [0.717, 1.165) is 30.0 Å². The maximum Gasteiger partial charge on any atom is 0.274 e. The topological polar surface area (TPSA) is 78.1 Å². The third-order valence-corrected chi connectivity index (χ3v) is 4.82. The standard InChI is InChI=1S/C18H18N6O2/c25-18(14-11-17-23(20-14)8-4-10-26-17)22-9-7-16-15(12-22)19-21-24(16)13-5-2-1-3-6-13/h1-3,5-6,11H,4,7-10,12H2. The summed E-state index contributed by atoms with van der Waals surface area (Å²) in [5, 5.41) is 13.0. The number of carbonyl (C=O) groups is 1. The molecule has 0 aliphatic carbocycles. The molecule has 5 rings (SSSR count). The van der Waals surface area contributed by atoms with E-state index in [1.807, 2.05) is 35.0 Å². The number of aromatic nitrogens is 5. The van der Waals surface area contributed by atoms with Crippen molar-refractivity contribution < 1.29 is 9.53 Å². The molecule has 0 bridgehead atoms. The van der Waals surface area contributed by atoms with E-state index in [9.17, 15) is 4.79 Å². The Labute approximate surface area is 150 Å². The Bertz CT molecular complexity index is 938. The molecule has 0 unspecified atom stereocenters. The van der Waals surface area contributed by atoms with Gasteiger partial charge in [0.2, 0.25) is 5.88 Å². The van der Waals surface area contributed by atoms with Gasteiger partial charge < -0.3 is 9.64 Å². The third-order valence-electron chi connectivity index (χ3n) is 4.82. The number of benzene rings is 1. The van der Waals surface area contributed by atoms with Crippen LogP contribution in [0.25, 0.3) is 5.69 Å². The molecule has 0 atom stereocenters. The minimum Gasteiger partial charge on any atom is -0.478 e. The Morgan fingerprint density at radius 1 is 1.15 bits per heavy atom. The monoisotopic (exact) mass is 350 g/mol. The molecule has 132 valence electrons. The Balaban J connectivity index is 1.38. The normalized spacial score (nSPS) is 15.9. The van der Waals surface area contributed by atoms with Crippen LogP contribution in [0.15, 0.2) is 36.4 Å². The van der Waals surface area contributed by atoms with Crippen LogP contribution in [-0.2, 0) is 19.5 Å². The van der Waals surface area contributed by atoms with E-state index < -0.39 is 0 Å². The maximum absolute atomic E-state index is 12.8. The van der Waals surface area contributed by atoms with Crippen LogP contribution in [0.1, 0.15) is 28.3 Å². The number of amides is 1. The van der Waals surface area contributed by atoms with Gasteiger partial charge in [-0.05, 0) is 12.1 Å². The SMILES string of the molecule is O=C(c1cc2n(n1)CCCO2)N1CCc2c(nnn2-c2ccccc2)C1. The van der Waals surface area contributed by atoms with Gasteiger partial charge in [0.15, 0.2) is 5.69 Å². The first-order chi connectivity index (χ1) is 12.8. The van der Waals surface area contributed by atoms with Crippen molar-refractivity contribution in [2.45, 2.75) is 25.9 Å². The molecule has 2 aliphatic heterocycles. The second kappa shape index (κ2) is 5.98. The molecule has 0 radical (unpaired) electrons. The summed E-state index contributed by atoms with van der Waals surface area (Å²) >= 11 is 0. The highest BCUT2D eigenvalue weighted by Gasteiger charge is 2.28. The Morgan fingerprint density at radius 3 is 2.88 bits per heavy atom. The molecule has 0 spiro atoms. The number of nitrogens with zero attached hydrogens (tertiary/aromatic N) is 6. The summed E-state index contributed by atoms with van der Waals surface area (Å²) in [6.45, 7) is 2.53. The first-order valence-corrected chi connectivity index (χ1v) is 8.78. The van der Waals surface area contributed by atoms with Gasteiger partial charge in [0.05, 0.1) is 24.5 Å². The van der Waals surface area contributed by atoms with Crippen LogP contribution >= 0.6 is 0 Å². The van der Waals surface area contributed by atoms with Gasteiger partial charge in [-0.2, -0.15) is 5.10 Å². The Hall–Kier alpha value is -3.16. The predicted molar refractivity (Wildman–Crippen MR) is 92.1 cm³/mol. The largest absolute Gasteiger partial charge is 0.478 e. The van der Waals surface area contributed by atoms with Crippen LogP contribution in [0.3, 0.4) is 0 Å². The van der Waals surface area contributed by atoms with Crippen molar-refractivity contribution in [3.63, 3.8) is 0 Å². The zero-order valence-corrected chi connectivity index (χ0v) is 14.2. The molecule has 1 aromatic carbocycles. The van der Waals surface area contributed by atoms with Crippen LogP contribution in [0, 0.1) is 0 Å². The number of aryl methyl sites for hydroxylation is 1. The van der Waals surface area contributed by atoms with Gasteiger partial charge in [-0.15, -0.1) is 5.10 Å². The highest BCUT2D eigenvalue weighted by atomic mass is 16.5. The second-order valence-electron chi connectivity index (χ2n) is 6.50. The van der Waals surface area contributed by atoms with Gasteiger partial charge in [0.25, 0.3) is 5.91 Å². The first-order valence-electron chi connectivity index (χ1n) is 8.78. The number of hydrogen-bond acceptors (Lipinski definition) is 5. The predicted octanol–water partition coefficient (Wildman–Crippen LogP) is 1.44. The third kappa shape index (κ3) is 2.45. The molecule has 2 aliphatic rings. The number of rotatable bonds is 2. The molecule has 3 aromatic rings. The molecular formula is C18H18N6O2. The lowest BCUT2D eigenvalue weighted by atomic mass is 10.1. The van der Waals surface area contributed by atoms with Crippen molar-refractivity contribution >= 4 is 5.91 Å². The van der Waals surface area contributed by atoms with Gasteiger partial charge in [-0.3, -0.25) is 4.79 Å². The van der Waals surface area contributed by atoms with Gasteiger partial charge >= 0.3 is 0 Å². The molecule has 0 fully saturated rings. The number of para-hydroxylation sites is 1. The fourth-order valence-electron chi connectivity index (χ4n) is 3.49. The zero-order valence-electron chi connectivity index (χ0n) is 14.2. The summed E-state index contributed by atoms with van der Waals surface area (Å²) in [6.07, 6.45) is 1.63. The summed E-state index contributed by atoms with van der Waals surface area (Å²) in [6, 6.07) is 11.7. The lowest BCUT2D eigenvalue weighted by Gasteiger charge is -2.25. The maximum atomic E-state index is 12.8. The highest BCUT2D eigenvalue weighted by Crippen LogP contribution is 2.23. The fraction of sp³-hybridized carbons (Fsp3) is 0.333. The fourth-order valence-corrected chi connectivity index (χ4v) is 3.49. The molecule has 8 heteroatoms. The second-order valence-corrected chi connectivity index (χ2v) is 6.50. The summed E-state index contributed by atoms with van der Waals surface area (Å²) in [4.78, 5) is 14.6. The van der Waals surface area contributed by atoms with Crippen LogP contribution in [0.4, 0.5) is 0 Å². The van der Waals surface area contributed by atoms with E-state index in [1.165, 1.54) is 0 Å². The number of fused-ring (bicyclic) bond motifs is 2. The van der Waals surface area contributed by atoms with E-state index in [1.54, 1.807) is 15.6 Å². The average Bonchev–Trinajstić information content (AvgIpc) is 3.31. The highest BCUT2D eigenvalue weighted by molar-refractivity contribution is 5.92. The van der Waals surface area contributed by atoms with Crippen LogP contribution in [0.5, 0.6) is 5.88 Å². The molecule has 8 nitrogen and oxygen atoms in total. The van der Waals surface area contributed by atoms with Gasteiger partial charge in [0.1, 0.15) is 5.69 Å². The van der Waals surface area contributed by atoms with Crippen molar-refractivity contribution in [1.29, 1.82) is 0 Å². The van der Waals surface area contributed by atoms with Crippen LogP contribution in [0.2, 0.25) is 0 Å². The van der Waals surface area contributed by atoms with Crippen molar-refractivity contribution in [2.75, 3.05) is 13.2 Å². The van der Waals surface area contributed by atoms with Crippen molar-refractivity contribution in [1.82, 2.24) is 29.7 Å². The minimum atomic E-state index is -0.0876. The molecular weight excluding hydrogens is 332 g/mol. The van der Waals surface area contributed by atoms with E-state index in [2.05, 4.69) is 15.4 Å². The van der Waals surface area contributed by atoms with E-state index in [4.69, 9.17) is 4.74 Å². The number of ether oxygens (including phenoxy) is 1. The van der Waals surface area contributed by atoms with E-state index in [-0.39, 0.29) is 5.91 Å². The molecule has 0 saturated heterocycles. The van der Waals surface area contributed by atoms with Crippen molar-refractivity contribution in [3.05, 3.63) is 53.5 Å². The number of hydrogen-bond donors (Lipinski definition) is 0. The molecule has 1 amide bonds. The van der Waals surface area contributed by atoms with Crippen LogP contribution < -0.4 is 4.74 Å². The van der Waals surface area contributed by atoms with Crippen LogP contribution in [-0.4, -0.2) is 48.7 Å². The number of carbonyl (C=O) groups excluding carboxylic acids is 1. The minimum absolute atomic E-state index is 0.0876. The van der Waals surface area contributed by atoms with Gasteiger partial charge in [-0.1, -0.05) is 23.4 Å². The quantitative estimate of drug-likeness (QED) is 0.699. The molecule has 4 heterocycles. The summed E-state index contributed by atoms with van der Waals surface area (Å²) < 4.78 is 9.18. The summed E-state index contributed by atoms with van der Waals surface area (Å²) in [7, 11) is 0. The summed E-state index contributed by atoms with van der Waals surface area (Å²) in [5.74, 6) is 0.586. The Morgan fingerprint density at radius 2 is 2.04 bits per heavy atom.